The van der Waals surface area contributed by atoms with Gasteiger partial charge in [-0.15, -0.1) is 0 Å². The van der Waals surface area contributed by atoms with Crippen molar-refractivity contribution in [3.63, 3.8) is 0 Å². The fourth-order valence-electron chi connectivity index (χ4n) is 1.72. The van der Waals surface area contributed by atoms with Crippen LogP contribution < -0.4 is 10.1 Å². The van der Waals surface area contributed by atoms with Crippen LogP contribution in [0.25, 0.3) is 10.9 Å². The zero-order valence-corrected chi connectivity index (χ0v) is 12.8. The number of methoxy groups -OCH3 is 1. The number of hydrogen-bond acceptors (Lipinski definition) is 5. The van der Waals surface area contributed by atoms with Crippen molar-refractivity contribution >= 4 is 28.5 Å². The monoisotopic (exact) mass is 295 g/mol. The van der Waals surface area contributed by atoms with Gasteiger partial charge >= 0.3 is 0 Å². The van der Waals surface area contributed by atoms with Crippen molar-refractivity contribution < 1.29 is 9.13 Å². The summed E-state index contributed by atoms with van der Waals surface area (Å²) in [6, 6.07) is 2.99. The van der Waals surface area contributed by atoms with Crippen molar-refractivity contribution in [2.75, 3.05) is 25.2 Å². The molecule has 0 saturated heterocycles. The third-order valence-corrected chi connectivity index (χ3v) is 4.39. The quantitative estimate of drug-likeness (QED) is 0.916. The number of thioether (sulfide) groups is 1. The number of nitrogens with one attached hydrogen (secondary N) is 1. The van der Waals surface area contributed by atoms with Crippen LogP contribution >= 0.6 is 11.8 Å². The Morgan fingerprint density at radius 2 is 2.10 bits per heavy atom. The third-order valence-electron chi connectivity index (χ3n) is 3.14. The molecule has 1 heterocycles. The fourth-order valence-corrected chi connectivity index (χ4v) is 1.94. The van der Waals surface area contributed by atoms with E-state index < -0.39 is 5.82 Å². The Balaban J connectivity index is 2.38. The summed E-state index contributed by atoms with van der Waals surface area (Å²) in [7, 11) is 1.44. The summed E-state index contributed by atoms with van der Waals surface area (Å²) >= 11 is 1.77. The van der Waals surface area contributed by atoms with E-state index in [0.717, 1.165) is 11.9 Å². The lowest BCUT2D eigenvalue weighted by Gasteiger charge is -2.23. The molecule has 0 aliphatic heterocycles. The first-order valence-corrected chi connectivity index (χ1v) is 7.46. The highest BCUT2D eigenvalue weighted by Gasteiger charge is 2.17. The van der Waals surface area contributed by atoms with Gasteiger partial charge in [-0.3, -0.25) is 0 Å². The standard InChI is InChI=1S/C14H18FN3OS/c1-14(2,20-4)7-16-13-9-5-12(19-3)10(15)6-11(9)17-8-18-13/h5-6,8H,7H2,1-4H3,(H,16,17,18). The van der Waals surface area contributed by atoms with Gasteiger partial charge in [-0.25, -0.2) is 14.4 Å². The first kappa shape index (κ1) is 14.8. The van der Waals surface area contributed by atoms with E-state index >= 15 is 0 Å². The van der Waals surface area contributed by atoms with E-state index in [1.165, 1.54) is 19.5 Å². The van der Waals surface area contributed by atoms with E-state index in [1.807, 2.05) is 0 Å². The largest absolute Gasteiger partial charge is 0.494 e. The van der Waals surface area contributed by atoms with Crippen molar-refractivity contribution in [1.82, 2.24) is 9.97 Å². The average molecular weight is 295 g/mol. The maximum Gasteiger partial charge on any atom is 0.167 e. The van der Waals surface area contributed by atoms with E-state index in [4.69, 9.17) is 4.74 Å². The van der Waals surface area contributed by atoms with Crippen LogP contribution in [0.2, 0.25) is 0 Å². The second-order valence-electron chi connectivity index (χ2n) is 5.04. The normalized spacial score (nSPS) is 11.7. The molecule has 108 valence electrons. The number of benzene rings is 1. The summed E-state index contributed by atoms with van der Waals surface area (Å²) in [6.45, 7) is 5.04. The molecule has 0 fully saturated rings. The van der Waals surface area contributed by atoms with Crippen LogP contribution in [0.4, 0.5) is 10.2 Å². The lowest BCUT2D eigenvalue weighted by molar-refractivity contribution is 0.387. The number of fused-ring (bicyclic) bond motifs is 1. The van der Waals surface area contributed by atoms with Gasteiger partial charge in [-0.2, -0.15) is 11.8 Å². The number of halogens is 1. The molecule has 2 aromatic rings. The van der Waals surface area contributed by atoms with E-state index in [-0.39, 0.29) is 10.5 Å². The highest BCUT2D eigenvalue weighted by Crippen LogP contribution is 2.28. The number of rotatable bonds is 5. The summed E-state index contributed by atoms with van der Waals surface area (Å²) in [5, 5.41) is 4.05. The Hall–Kier alpha value is -1.56. The Morgan fingerprint density at radius 1 is 1.35 bits per heavy atom. The predicted octanol–water partition coefficient (Wildman–Crippen LogP) is 3.33. The topological polar surface area (TPSA) is 47.0 Å². The summed E-state index contributed by atoms with van der Waals surface area (Å²) in [5.41, 5.74) is 0.558. The van der Waals surface area contributed by atoms with E-state index in [2.05, 4.69) is 35.4 Å². The number of ether oxygens (including phenoxy) is 1. The molecule has 20 heavy (non-hydrogen) atoms. The minimum Gasteiger partial charge on any atom is -0.494 e. The summed E-state index contributed by atoms with van der Waals surface area (Å²) in [5.74, 6) is 0.462. The van der Waals surface area contributed by atoms with E-state index in [0.29, 0.717) is 11.3 Å². The van der Waals surface area contributed by atoms with E-state index in [9.17, 15) is 4.39 Å². The molecule has 1 aromatic heterocycles. The zero-order chi connectivity index (χ0) is 14.8. The second kappa shape index (κ2) is 5.83. The molecule has 0 amide bonds. The molecule has 2 rings (SSSR count). The fraction of sp³-hybridized carbons (Fsp3) is 0.429. The van der Waals surface area contributed by atoms with Gasteiger partial charge in [-0.05, 0) is 26.2 Å². The molecule has 4 nitrogen and oxygen atoms in total. The van der Waals surface area contributed by atoms with Crippen LogP contribution in [-0.4, -0.2) is 34.6 Å². The lowest BCUT2D eigenvalue weighted by atomic mass is 10.2. The minimum atomic E-state index is -0.422. The molecule has 0 spiro atoms. The number of nitrogens with zero attached hydrogens (tertiary/aromatic N) is 2. The molecule has 0 atom stereocenters. The predicted molar refractivity (Wildman–Crippen MR) is 82.1 cm³/mol. The van der Waals surface area contributed by atoms with Gasteiger partial charge in [0.2, 0.25) is 0 Å². The molecule has 0 aliphatic carbocycles. The van der Waals surface area contributed by atoms with Gasteiger partial charge in [0.05, 0.1) is 12.6 Å². The lowest BCUT2D eigenvalue weighted by Crippen LogP contribution is -2.26. The smallest absolute Gasteiger partial charge is 0.167 e. The van der Waals surface area contributed by atoms with Crippen LogP contribution in [0.3, 0.4) is 0 Å². The van der Waals surface area contributed by atoms with Gasteiger partial charge < -0.3 is 10.1 Å². The van der Waals surface area contributed by atoms with Crippen LogP contribution in [0.5, 0.6) is 5.75 Å². The summed E-state index contributed by atoms with van der Waals surface area (Å²) in [4.78, 5) is 8.33. The highest BCUT2D eigenvalue weighted by molar-refractivity contribution is 7.99. The Kier molecular flexibility index (Phi) is 4.32. The van der Waals surface area contributed by atoms with Crippen molar-refractivity contribution in [3.05, 3.63) is 24.3 Å². The maximum atomic E-state index is 13.7. The Bertz CT molecular complexity index is 619. The van der Waals surface area contributed by atoms with Crippen LogP contribution in [0, 0.1) is 5.82 Å². The minimum absolute atomic E-state index is 0.0847. The maximum absolute atomic E-state index is 13.7. The molecule has 6 heteroatoms. The van der Waals surface area contributed by atoms with Gasteiger partial charge in [-0.1, -0.05) is 0 Å². The molecule has 1 aromatic carbocycles. The second-order valence-corrected chi connectivity index (χ2v) is 6.56. The summed E-state index contributed by atoms with van der Waals surface area (Å²) < 4.78 is 18.8. The van der Waals surface area contributed by atoms with Crippen molar-refractivity contribution in [1.29, 1.82) is 0 Å². The first-order valence-electron chi connectivity index (χ1n) is 6.24. The molecular formula is C14H18FN3OS. The van der Waals surface area contributed by atoms with Crippen LogP contribution in [0.15, 0.2) is 18.5 Å². The van der Waals surface area contributed by atoms with Crippen molar-refractivity contribution in [3.8, 4) is 5.75 Å². The van der Waals surface area contributed by atoms with Crippen molar-refractivity contribution in [2.24, 2.45) is 0 Å². The summed E-state index contributed by atoms with van der Waals surface area (Å²) in [6.07, 6.45) is 3.50. The number of anilines is 1. The number of hydrogen-bond donors (Lipinski definition) is 1. The van der Waals surface area contributed by atoms with Gasteiger partial charge in [0.15, 0.2) is 11.6 Å². The molecule has 0 unspecified atom stereocenters. The molecule has 0 bridgehead atoms. The van der Waals surface area contributed by atoms with Gasteiger partial charge in [0.25, 0.3) is 0 Å². The first-order chi connectivity index (χ1) is 9.46. The molecule has 1 N–H and O–H groups in total. The van der Waals surface area contributed by atoms with Gasteiger partial charge in [0.1, 0.15) is 12.1 Å². The number of aromatic nitrogens is 2. The third kappa shape index (κ3) is 3.12. The van der Waals surface area contributed by atoms with Crippen LogP contribution in [-0.2, 0) is 0 Å². The highest BCUT2D eigenvalue weighted by atomic mass is 32.2. The Morgan fingerprint density at radius 3 is 2.75 bits per heavy atom. The van der Waals surface area contributed by atoms with Crippen LogP contribution in [0.1, 0.15) is 13.8 Å². The molecular weight excluding hydrogens is 277 g/mol. The van der Waals surface area contributed by atoms with Gasteiger partial charge in [0, 0.05) is 22.7 Å². The molecule has 0 aliphatic rings. The zero-order valence-electron chi connectivity index (χ0n) is 12.0. The average Bonchev–Trinajstić information content (AvgIpc) is 2.44. The van der Waals surface area contributed by atoms with Crippen molar-refractivity contribution in [2.45, 2.75) is 18.6 Å². The molecule has 0 radical (unpaired) electrons. The Labute approximate surface area is 122 Å². The van der Waals surface area contributed by atoms with E-state index in [1.54, 1.807) is 17.8 Å². The molecule has 0 saturated carbocycles. The SMILES string of the molecule is COc1cc2c(NCC(C)(C)SC)ncnc2cc1F.